The topological polar surface area (TPSA) is 49.9 Å². The van der Waals surface area contributed by atoms with E-state index < -0.39 is 0 Å². The van der Waals surface area contributed by atoms with Gasteiger partial charge in [-0.1, -0.05) is 6.92 Å². The summed E-state index contributed by atoms with van der Waals surface area (Å²) in [7, 11) is 3.51. The van der Waals surface area contributed by atoms with Crippen molar-refractivity contribution in [1.29, 1.82) is 0 Å². The molecule has 0 atom stereocenters. The zero-order valence-corrected chi connectivity index (χ0v) is 12.1. The lowest BCUT2D eigenvalue weighted by Crippen LogP contribution is -2.33. The van der Waals surface area contributed by atoms with Crippen molar-refractivity contribution in [2.75, 3.05) is 40.3 Å². The summed E-state index contributed by atoms with van der Waals surface area (Å²) in [5.74, 6) is -0.0625. The summed E-state index contributed by atoms with van der Waals surface area (Å²) in [6.07, 6.45) is 2.29. The van der Waals surface area contributed by atoms with Gasteiger partial charge in [0.15, 0.2) is 0 Å². The van der Waals surface area contributed by atoms with E-state index in [-0.39, 0.29) is 11.9 Å². The van der Waals surface area contributed by atoms with Crippen molar-refractivity contribution in [2.45, 2.75) is 33.1 Å². The smallest absolute Gasteiger partial charge is 0.320 e. The highest BCUT2D eigenvalue weighted by Gasteiger charge is 2.11. The molecule has 0 unspecified atom stereocenters. The van der Waals surface area contributed by atoms with E-state index in [1.165, 1.54) is 0 Å². The Bertz CT molecular complexity index is 255. The standard InChI is InChI=1S/C13H26N2O3/c1-5-9-15(11-13(17)18-6-2)10-7-8-12(16)14(3)4/h5-11H2,1-4H3. The molecule has 5 nitrogen and oxygen atoms in total. The number of nitrogens with zero attached hydrogens (tertiary/aromatic N) is 2. The van der Waals surface area contributed by atoms with Gasteiger partial charge < -0.3 is 9.64 Å². The number of amides is 1. The third kappa shape index (κ3) is 8.06. The molecule has 0 spiro atoms. The van der Waals surface area contributed by atoms with Crippen molar-refractivity contribution in [2.24, 2.45) is 0 Å². The van der Waals surface area contributed by atoms with Crippen LogP contribution in [0.4, 0.5) is 0 Å². The third-order valence-electron chi connectivity index (χ3n) is 2.56. The Labute approximate surface area is 110 Å². The van der Waals surface area contributed by atoms with Crippen molar-refractivity contribution in [3.63, 3.8) is 0 Å². The van der Waals surface area contributed by atoms with E-state index in [1.807, 2.05) is 4.90 Å². The molecule has 0 aliphatic carbocycles. The average molecular weight is 258 g/mol. The number of hydrogen-bond donors (Lipinski definition) is 0. The van der Waals surface area contributed by atoms with Gasteiger partial charge in [-0.2, -0.15) is 0 Å². The highest BCUT2D eigenvalue weighted by molar-refractivity contribution is 5.75. The summed E-state index contributed by atoms with van der Waals surface area (Å²) in [5, 5.41) is 0. The molecule has 0 rings (SSSR count). The number of carbonyl (C=O) groups is 2. The van der Waals surface area contributed by atoms with Crippen LogP contribution in [0.25, 0.3) is 0 Å². The van der Waals surface area contributed by atoms with Crippen LogP contribution in [0.3, 0.4) is 0 Å². The van der Waals surface area contributed by atoms with E-state index in [1.54, 1.807) is 25.9 Å². The Morgan fingerprint density at radius 2 is 1.78 bits per heavy atom. The molecule has 0 aromatic rings. The van der Waals surface area contributed by atoms with Gasteiger partial charge in [0.1, 0.15) is 0 Å². The van der Waals surface area contributed by atoms with Crippen LogP contribution in [0.5, 0.6) is 0 Å². The Hall–Kier alpha value is -1.10. The molecule has 0 bridgehead atoms. The van der Waals surface area contributed by atoms with Crippen molar-refractivity contribution in [3.8, 4) is 0 Å². The summed E-state index contributed by atoms with van der Waals surface area (Å²) in [5.41, 5.74) is 0. The fraction of sp³-hybridized carbons (Fsp3) is 0.846. The molecule has 0 aliphatic rings. The van der Waals surface area contributed by atoms with E-state index in [9.17, 15) is 9.59 Å². The summed E-state index contributed by atoms with van der Waals surface area (Å²) in [6, 6.07) is 0. The van der Waals surface area contributed by atoms with Gasteiger partial charge in [-0.05, 0) is 32.9 Å². The highest BCUT2D eigenvalue weighted by atomic mass is 16.5. The first-order valence-corrected chi connectivity index (χ1v) is 6.59. The molecule has 0 heterocycles. The van der Waals surface area contributed by atoms with Crippen molar-refractivity contribution < 1.29 is 14.3 Å². The van der Waals surface area contributed by atoms with Gasteiger partial charge >= 0.3 is 5.97 Å². The van der Waals surface area contributed by atoms with Crippen LogP contribution in [0, 0.1) is 0 Å². The van der Waals surface area contributed by atoms with E-state index >= 15 is 0 Å². The molecule has 106 valence electrons. The number of carbonyl (C=O) groups excluding carboxylic acids is 2. The van der Waals surface area contributed by atoms with Gasteiger partial charge in [0.2, 0.25) is 5.91 Å². The minimum Gasteiger partial charge on any atom is -0.465 e. The van der Waals surface area contributed by atoms with Crippen molar-refractivity contribution >= 4 is 11.9 Å². The molecular weight excluding hydrogens is 232 g/mol. The second-order valence-electron chi connectivity index (χ2n) is 4.47. The molecule has 0 radical (unpaired) electrons. The largest absolute Gasteiger partial charge is 0.465 e. The van der Waals surface area contributed by atoms with Crippen LogP contribution in [-0.4, -0.2) is 62.0 Å². The summed E-state index contributed by atoms with van der Waals surface area (Å²) >= 11 is 0. The minimum absolute atomic E-state index is 0.127. The molecule has 18 heavy (non-hydrogen) atoms. The van der Waals surface area contributed by atoms with Gasteiger partial charge in [0.05, 0.1) is 13.2 Å². The molecule has 0 aromatic carbocycles. The van der Waals surface area contributed by atoms with Crippen LogP contribution < -0.4 is 0 Å². The Balaban J connectivity index is 3.96. The second kappa shape index (κ2) is 9.88. The molecule has 5 heteroatoms. The van der Waals surface area contributed by atoms with Crippen LogP contribution in [0.15, 0.2) is 0 Å². The van der Waals surface area contributed by atoms with Gasteiger partial charge in [0, 0.05) is 20.5 Å². The average Bonchev–Trinajstić information content (AvgIpc) is 2.29. The first-order chi connectivity index (χ1) is 8.51. The van der Waals surface area contributed by atoms with Crippen LogP contribution in [-0.2, 0) is 14.3 Å². The van der Waals surface area contributed by atoms with Gasteiger partial charge in [-0.3, -0.25) is 14.5 Å². The van der Waals surface area contributed by atoms with Crippen molar-refractivity contribution in [1.82, 2.24) is 9.80 Å². The maximum atomic E-state index is 11.4. The van der Waals surface area contributed by atoms with Gasteiger partial charge in [-0.25, -0.2) is 0 Å². The van der Waals surface area contributed by atoms with E-state index in [4.69, 9.17) is 4.74 Å². The van der Waals surface area contributed by atoms with Crippen LogP contribution >= 0.6 is 0 Å². The van der Waals surface area contributed by atoms with Gasteiger partial charge in [0.25, 0.3) is 0 Å². The quantitative estimate of drug-likeness (QED) is 0.582. The lowest BCUT2D eigenvalue weighted by molar-refractivity contribution is -0.144. The predicted molar refractivity (Wildman–Crippen MR) is 71.3 cm³/mol. The first kappa shape index (κ1) is 16.9. The number of esters is 1. The van der Waals surface area contributed by atoms with E-state index in [2.05, 4.69) is 6.92 Å². The van der Waals surface area contributed by atoms with Crippen LogP contribution in [0.1, 0.15) is 33.1 Å². The number of rotatable bonds is 9. The fourth-order valence-electron chi connectivity index (χ4n) is 1.65. The summed E-state index contributed by atoms with van der Waals surface area (Å²) in [6.45, 7) is 6.22. The maximum Gasteiger partial charge on any atom is 0.320 e. The molecule has 0 aliphatic heterocycles. The minimum atomic E-state index is -0.190. The molecule has 1 amide bonds. The van der Waals surface area contributed by atoms with Crippen molar-refractivity contribution in [3.05, 3.63) is 0 Å². The second-order valence-corrected chi connectivity index (χ2v) is 4.47. The molecular formula is C13H26N2O3. The highest BCUT2D eigenvalue weighted by Crippen LogP contribution is 2.00. The molecule has 0 N–H and O–H groups in total. The Morgan fingerprint density at radius 3 is 2.28 bits per heavy atom. The predicted octanol–water partition coefficient (Wildman–Crippen LogP) is 1.13. The third-order valence-corrected chi connectivity index (χ3v) is 2.56. The maximum absolute atomic E-state index is 11.4. The Kier molecular flexibility index (Phi) is 9.28. The van der Waals surface area contributed by atoms with Crippen LogP contribution in [0.2, 0.25) is 0 Å². The van der Waals surface area contributed by atoms with E-state index in [0.717, 1.165) is 25.9 Å². The monoisotopic (exact) mass is 258 g/mol. The Morgan fingerprint density at radius 1 is 1.11 bits per heavy atom. The zero-order chi connectivity index (χ0) is 14.0. The van der Waals surface area contributed by atoms with E-state index in [0.29, 0.717) is 19.6 Å². The number of ether oxygens (including phenoxy) is 1. The lowest BCUT2D eigenvalue weighted by Gasteiger charge is -2.20. The normalized spacial score (nSPS) is 10.5. The molecule has 0 saturated carbocycles. The summed E-state index contributed by atoms with van der Waals surface area (Å²) in [4.78, 5) is 26.5. The lowest BCUT2D eigenvalue weighted by atomic mass is 10.2. The SMILES string of the molecule is CCCN(CCCC(=O)N(C)C)CC(=O)OCC. The fourth-order valence-corrected chi connectivity index (χ4v) is 1.65. The molecule has 0 saturated heterocycles. The summed E-state index contributed by atoms with van der Waals surface area (Å²) < 4.78 is 4.93. The number of hydrogen-bond acceptors (Lipinski definition) is 4. The van der Waals surface area contributed by atoms with Gasteiger partial charge in [-0.15, -0.1) is 0 Å². The molecule has 0 aromatic heterocycles. The molecule has 0 fully saturated rings. The first-order valence-electron chi connectivity index (χ1n) is 6.59. The zero-order valence-electron chi connectivity index (χ0n) is 12.1.